The lowest BCUT2D eigenvalue weighted by Gasteiger charge is -2.13. The molecular weight excluding hydrogens is 420 g/mol. The normalized spacial score (nSPS) is 12.8. The summed E-state index contributed by atoms with van der Waals surface area (Å²) in [6.45, 7) is 5.23. The number of nitrogens with one attached hydrogen (secondary N) is 2. The van der Waals surface area contributed by atoms with Crippen LogP contribution in [0.3, 0.4) is 0 Å². The maximum atomic E-state index is 12.1. The van der Waals surface area contributed by atoms with Crippen molar-refractivity contribution < 1.29 is 9.59 Å². The minimum absolute atomic E-state index is 0.0628. The average Bonchev–Trinajstić information content (AvgIpc) is 2.72. The first-order chi connectivity index (χ1) is 14.0. The van der Waals surface area contributed by atoms with Gasteiger partial charge < -0.3 is 10.6 Å². The molecular formula is C22H28N2O2S3. The molecule has 0 saturated heterocycles. The largest absolute Gasteiger partial charge is 0.352 e. The van der Waals surface area contributed by atoms with Crippen molar-refractivity contribution >= 4 is 43.2 Å². The van der Waals surface area contributed by atoms with E-state index in [0.717, 1.165) is 11.1 Å². The first-order valence-corrected chi connectivity index (χ1v) is 13.2. The highest BCUT2D eigenvalue weighted by molar-refractivity contribution is 9.09. The number of benzene rings is 2. The summed E-state index contributed by atoms with van der Waals surface area (Å²) in [4.78, 5) is 24.1. The van der Waals surface area contributed by atoms with E-state index < -0.39 is 0 Å². The van der Waals surface area contributed by atoms with Gasteiger partial charge in [-0.2, -0.15) is 0 Å². The van der Waals surface area contributed by atoms with Crippen molar-refractivity contribution in [2.75, 3.05) is 0 Å². The summed E-state index contributed by atoms with van der Waals surface area (Å²) in [6.07, 6.45) is 0.966. The van der Waals surface area contributed by atoms with Crippen LogP contribution >= 0.6 is 31.4 Å². The summed E-state index contributed by atoms with van der Waals surface area (Å²) in [5, 5.41) is 6.34. The second kappa shape index (κ2) is 13.6. The van der Waals surface area contributed by atoms with Crippen molar-refractivity contribution in [3.63, 3.8) is 0 Å². The molecule has 0 aliphatic rings. The van der Waals surface area contributed by atoms with Crippen molar-refractivity contribution in [1.29, 1.82) is 0 Å². The molecule has 2 rings (SSSR count). The van der Waals surface area contributed by atoms with Gasteiger partial charge >= 0.3 is 0 Å². The molecule has 29 heavy (non-hydrogen) atoms. The smallest absolute Gasteiger partial charge is 0.221 e. The van der Waals surface area contributed by atoms with Gasteiger partial charge in [0, 0.05) is 36.4 Å². The zero-order valence-corrected chi connectivity index (χ0v) is 19.2. The first-order valence-electron chi connectivity index (χ1n) is 9.63. The Labute approximate surface area is 185 Å². The number of carbonyl (C=O) groups excluding carboxylic acids is 2. The lowest BCUT2D eigenvalue weighted by molar-refractivity contribution is -0.122. The second-order valence-electron chi connectivity index (χ2n) is 6.81. The highest BCUT2D eigenvalue weighted by Crippen LogP contribution is 2.41. The van der Waals surface area contributed by atoms with Crippen LogP contribution in [0, 0.1) is 0 Å². The van der Waals surface area contributed by atoms with Crippen molar-refractivity contribution in [3.05, 3.63) is 71.8 Å². The average molecular weight is 449 g/mol. The van der Waals surface area contributed by atoms with Gasteiger partial charge in [-0.25, -0.2) is 0 Å². The van der Waals surface area contributed by atoms with E-state index >= 15 is 0 Å². The molecule has 2 atom stereocenters. The Balaban J connectivity index is 1.54. The van der Waals surface area contributed by atoms with Crippen LogP contribution < -0.4 is 10.6 Å². The molecule has 156 valence electrons. The molecule has 2 unspecified atom stereocenters. The fourth-order valence-corrected chi connectivity index (χ4v) is 7.41. The van der Waals surface area contributed by atoms with Crippen LogP contribution in [-0.4, -0.2) is 22.3 Å². The maximum absolute atomic E-state index is 12.1. The molecule has 0 fully saturated rings. The molecule has 0 bridgehead atoms. The predicted octanol–water partition coefficient (Wildman–Crippen LogP) is 5.21. The van der Waals surface area contributed by atoms with Crippen LogP contribution in [0.4, 0.5) is 0 Å². The van der Waals surface area contributed by atoms with Gasteiger partial charge in [0.1, 0.15) is 0 Å². The molecule has 0 saturated carbocycles. The monoisotopic (exact) mass is 448 g/mol. The fraction of sp³-hybridized carbons (Fsp3) is 0.364. The molecule has 2 aromatic rings. The van der Waals surface area contributed by atoms with Crippen molar-refractivity contribution in [2.45, 2.75) is 50.3 Å². The second-order valence-corrected chi connectivity index (χ2v) is 11.7. The molecule has 2 aromatic carbocycles. The van der Waals surface area contributed by atoms with Gasteiger partial charge in [0.25, 0.3) is 0 Å². The highest BCUT2D eigenvalue weighted by atomic mass is 33.5. The first kappa shape index (κ1) is 23.7. The van der Waals surface area contributed by atoms with E-state index in [1.165, 1.54) is 0 Å². The standard InChI is InChI=1S/C22H28N2O2S3/c1-17(13-21(25)23-15-19-9-5-3-6-10-19)27-29-28-18(2)14-22(26)24-16-20-11-7-4-8-12-20/h3-12,17-18H,13-16H2,1-2H3,(H,23,25)(H,24,26). The lowest BCUT2D eigenvalue weighted by atomic mass is 10.2. The predicted molar refractivity (Wildman–Crippen MR) is 128 cm³/mol. The quantitative estimate of drug-likeness (QED) is 0.437. The van der Waals surface area contributed by atoms with E-state index in [9.17, 15) is 9.59 Å². The third-order valence-electron chi connectivity index (χ3n) is 4.02. The van der Waals surface area contributed by atoms with Crippen LogP contribution in [-0.2, 0) is 22.7 Å². The zero-order chi connectivity index (χ0) is 20.9. The van der Waals surface area contributed by atoms with Crippen LogP contribution in [0.2, 0.25) is 0 Å². The third kappa shape index (κ3) is 10.7. The summed E-state index contributed by atoms with van der Waals surface area (Å²) >= 11 is 0. The topological polar surface area (TPSA) is 58.2 Å². The van der Waals surface area contributed by atoms with E-state index in [1.54, 1.807) is 31.4 Å². The number of hydrogen-bond acceptors (Lipinski definition) is 5. The molecule has 0 heterocycles. The molecule has 0 radical (unpaired) electrons. The van der Waals surface area contributed by atoms with Gasteiger partial charge in [0.05, 0.1) is 0 Å². The van der Waals surface area contributed by atoms with Gasteiger partial charge in [-0.15, -0.1) is 0 Å². The molecule has 2 amide bonds. The molecule has 2 N–H and O–H groups in total. The molecule has 0 aromatic heterocycles. The number of hydrogen-bond donors (Lipinski definition) is 2. The summed E-state index contributed by atoms with van der Waals surface area (Å²) in [7, 11) is 5.01. The highest BCUT2D eigenvalue weighted by Gasteiger charge is 2.13. The van der Waals surface area contributed by atoms with Gasteiger partial charge in [-0.05, 0) is 21.0 Å². The van der Waals surface area contributed by atoms with Gasteiger partial charge in [-0.3, -0.25) is 9.59 Å². The number of rotatable bonds is 12. The van der Waals surface area contributed by atoms with Crippen molar-refractivity contribution in [2.24, 2.45) is 0 Å². The number of amides is 2. The van der Waals surface area contributed by atoms with Crippen LogP contribution in [0.5, 0.6) is 0 Å². The molecule has 0 aliphatic heterocycles. The summed E-state index contributed by atoms with van der Waals surface area (Å²) in [5.41, 5.74) is 2.20. The third-order valence-corrected chi connectivity index (χ3v) is 9.02. The molecule has 4 nitrogen and oxygen atoms in total. The van der Waals surface area contributed by atoms with Crippen LogP contribution in [0.15, 0.2) is 60.7 Å². The Morgan fingerprint density at radius 1 is 0.724 bits per heavy atom. The molecule has 0 aliphatic carbocycles. The number of carbonyl (C=O) groups is 2. The SMILES string of the molecule is CC(CC(=O)NCc1ccccc1)SSSC(C)CC(=O)NCc1ccccc1. The van der Waals surface area contributed by atoms with E-state index in [0.29, 0.717) is 25.9 Å². The van der Waals surface area contributed by atoms with Crippen LogP contribution in [0.1, 0.15) is 37.8 Å². The minimum Gasteiger partial charge on any atom is -0.352 e. The minimum atomic E-state index is 0.0628. The van der Waals surface area contributed by atoms with E-state index in [2.05, 4.69) is 24.5 Å². The zero-order valence-electron chi connectivity index (χ0n) is 16.8. The maximum Gasteiger partial charge on any atom is 0.221 e. The molecule has 0 spiro atoms. The van der Waals surface area contributed by atoms with E-state index in [1.807, 2.05) is 60.7 Å². The summed E-state index contributed by atoms with van der Waals surface area (Å²) < 4.78 is 0. The fourth-order valence-electron chi connectivity index (χ4n) is 2.48. The van der Waals surface area contributed by atoms with Gasteiger partial charge in [0.2, 0.25) is 11.8 Å². The van der Waals surface area contributed by atoms with Gasteiger partial charge in [0.15, 0.2) is 0 Å². The Morgan fingerprint density at radius 3 is 1.48 bits per heavy atom. The van der Waals surface area contributed by atoms with Crippen molar-refractivity contribution in [1.82, 2.24) is 10.6 Å². The Morgan fingerprint density at radius 2 is 1.10 bits per heavy atom. The summed E-state index contributed by atoms with van der Waals surface area (Å²) in [6, 6.07) is 19.8. The van der Waals surface area contributed by atoms with Crippen molar-refractivity contribution in [3.8, 4) is 0 Å². The lowest BCUT2D eigenvalue weighted by Crippen LogP contribution is -2.25. The molecule has 7 heteroatoms. The van der Waals surface area contributed by atoms with E-state index in [4.69, 9.17) is 0 Å². The Kier molecular flexibility index (Phi) is 11.1. The van der Waals surface area contributed by atoms with Gasteiger partial charge in [-0.1, -0.05) is 96.1 Å². The Hall–Kier alpha value is -1.57. The van der Waals surface area contributed by atoms with E-state index in [-0.39, 0.29) is 22.3 Å². The Bertz CT molecular complexity index is 681. The summed E-state index contributed by atoms with van der Waals surface area (Å²) in [5.74, 6) is 0.126. The van der Waals surface area contributed by atoms with Crippen LogP contribution in [0.25, 0.3) is 0 Å².